The van der Waals surface area contributed by atoms with Crippen LogP contribution in [0.3, 0.4) is 0 Å². The Bertz CT molecular complexity index is 693. The van der Waals surface area contributed by atoms with E-state index in [1.54, 1.807) is 21.4 Å². The fourth-order valence-corrected chi connectivity index (χ4v) is 3.28. The van der Waals surface area contributed by atoms with Crippen molar-refractivity contribution >= 4 is 23.3 Å². The topological polar surface area (TPSA) is 66.4 Å². The van der Waals surface area contributed by atoms with Crippen molar-refractivity contribution in [2.24, 2.45) is 0 Å². The van der Waals surface area contributed by atoms with Gasteiger partial charge >= 0.3 is 0 Å². The van der Waals surface area contributed by atoms with E-state index in [1.165, 1.54) is 11.5 Å². The van der Waals surface area contributed by atoms with E-state index in [9.17, 15) is 9.59 Å². The largest absolute Gasteiger partial charge is 0.339 e. The van der Waals surface area contributed by atoms with E-state index in [2.05, 4.69) is 9.36 Å². The summed E-state index contributed by atoms with van der Waals surface area (Å²) in [5.41, 5.74) is 2.22. The van der Waals surface area contributed by atoms with Crippen LogP contribution in [0.15, 0.2) is 29.8 Å². The van der Waals surface area contributed by atoms with Gasteiger partial charge in [0.05, 0.1) is 17.7 Å². The summed E-state index contributed by atoms with van der Waals surface area (Å²) in [7, 11) is 0. The Morgan fingerprint density at radius 2 is 1.91 bits per heavy atom. The fraction of sp³-hybridized carbons (Fsp3) is 0.375. The summed E-state index contributed by atoms with van der Waals surface area (Å²) in [6.45, 7) is 4.09. The first kappa shape index (κ1) is 15.6. The lowest BCUT2D eigenvalue weighted by Crippen LogP contribution is -2.51. The van der Waals surface area contributed by atoms with Crippen molar-refractivity contribution in [1.29, 1.82) is 0 Å². The molecule has 2 aromatic rings. The van der Waals surface area contributed by atoms with Crippen molar-refractivity contribution < 1.29 is 9.59 Å². The highest BCUT2D eigenvalue weighted by Gasteiger charge is 2.26. The van der Waals surface area contributed by atoms with Gasteiger partial charge in [-0.05, 0) is 30.6 Å². The number of amides is 2. The molecule has 3 rings (SSSR count). The maximum Gasteiger partial charge on any atom is 0.256 e. The van der Waals surface area contributed by atoms with Gasteiger partial charge in [0.1, 0.15) is 0 Å². The molecule has 2 amide bonds. The molecule has 0 N–H and O–H groups in total. The van der Waals surface area contributed by atoms with Crippen LogP contribution in [0.5, 0.6) is 0 Å². The van der Waals surface area contributed by atoms with Crippen LogP contribution < -0.4 is 0 Å². The highest BCUT2D eigenvalue weighted by Crippen LogP contribution is 2.14. The first-order valence-electron chi connectivity index (χ1n) is 7.53. The third-order valence-electron chi connectivity index (χ3n) is 3.96. The summed E-state index contributed by atoms with van der Waals surface area (Å²) in [4.78, 5) is 32.5. The minimum Gasteiger partial charge on any atom is -0.339 e. The van der Waals surface area contributed by atoms with E-state index in [0.29, 0.717) is 38.2 Å². The van der Waals surface area contributed by atoms with Crippen LogP contribution in [0.25, 0.3) is 0 Å². The number of piperazine rings is 1. The Morgan fingerprint density at radius 1 is 1.17 bits per heavy atom. The Labute approximate surface area is 138 Å². The quantitative estimate of drug-likeness (QED) is 0.853. The maximum absolute atomic E-state index is 12.4. The number of aryl methyl sites for hydroxylation is 1. The Kier molecular flexibility index (Phi) is 4.66. The molecule has 7 heteroatoms. The minimum atomic E-state index is 0.00748. The van der Waals surface area contributed by atoms with E-state index in [0.717, 1.165) is 11.4 Å². The molecule has 0 spiro atoms. The molecule has 0 aromatic carbocycles. The molecule has 1 aliphatic heterocycles. The molecular weight excluding hydrogens is 312 g/mol. The number of aromatic nitrogens is 2. The van der Waals surface area contributed by atoms with Gasteiger partial charge in [0.15, 0.2) is 0 Å². The minimum absolute atomic E-state index is 0.00748. The summed E-state index contributed by atoms with van der Waals surface area (Å²) in [5, 5.41) is 1.79. The molecule has 0 saturated carbocycles. The number of carbonyl (C=O) groups excluding carboxylic acids is 2. The van der Waals surface area contributed by atoms with Gasteiger partial charge in [-0.15, -0.1) is 0 Å². The average Bonchev–Trinajstić information content (AvgIpc) is 3.01. The average molecular weight is 330 g/mol. The van der Waals surface area contributed by atoms with Gasteiger partial charge in [-0.2, -0.15) is 4.37 Å². The molecule has 0 aliphatic carbocycles. The van der Waals surface area contributed by atoms with Crippen LogP contribution in [-0.4, -0.2) is 57.2 Å². The molecule has 2 aromatic heterocycles. The number of rotatable bonds is 3. The molecule has 0 bridgehead atoms. The maximum atomic E-state index is 12.4. The smallest absolute Gasteiger partial charge is 0.256 e. The van der Waals surface area contributed by atoms with Gasteiger partial charge in [-0.3, -0.25) is 14.6 Å². The Balaban J connectivity index is 1.55. The van der Waals surface area contributed by atoms with E-state index in [1.807, 2.05) is 25.1 Å². The highest BCUT2D eigenvalue weighted by atomic mass is 32.1. The van der Waals surface area contributed by atoms with Crippen LogP contribution in [0.4, 0.5) is 0 Å². The van der Waals surface area contributed by atoms with Gasteiger partial charge in [0, 0.05) is 43.4 Å². The third kappa shape index (κ3) is 3.56. The van der Waals surface area contributed by atoms with Gasteiger partial charge in [-0.1, -0.05) is 6.07 Å². The summed E-state index contributed by atoms with van der Waals surface area (Å²) in [5.74, 6) is 0.0669. The first-order chi connectivity index (χ1) is 11.1. The van der Waals surface area contributed by atoms with Gasteiger partial charge in [0.2, 0.25) is 5.91 Å². The second kappa shape index (κ2) is 6.87. The second-order valence-corrected chi connectivity index (χ2v) is 6.11. The molecule has 0 atom stereocenters. The predicted molar refractivity (Wildman–Crippen MR) is 87.3 cm³/mol. The van der Waals surface area contributed by atoms with Crippen molar-refractivity contribution in [3.05, 3.63) is 46.7 Å². The van der Waals surface area contributed by atoms with Crippen LogP contribution in [0.2, 0.25) is 0 Å². The van der Waals surface area contributed by atoms with E-state index in [4.69, 9.17) is 0 Å². The fourth-order valence-electron chi connectivity index (χ4n) is 2.60. The number of nitrogens with zero attached hydrogens (tertiary/aromatic N) is 4. The predicted octanol–water partition coefficient (Wildman–Crippen LogP) is 1.37. The number of hydrogen-bond acceptors (Lipinski definition) is 5. The van der Waals surface area contributed by atoms with Crippen LogP contribution >= 0.6 is 11.5 Å². The van der Waals surface area contributed by atoms with Crippen molar-refractivity contribution in [3.8, 4) is 0 Å². The lowest BCUT2D eigenvalue weighted by Gasteiger charge is -2.34. The second-order valence-electron chi connectivity index (χ2n) is 5.48. The van der Waals surface area contributed by atoms with Gasteiger partial charge < -0.3 is 9.80 Å². The molecule has 120 valence electrons. The van der Waals surface area contributed by atoms with Crippen LogP contribution in [0, 0.1) is 6.92 Å². The standard InChI is InChI=1S/C16H18N4O2S/c1-12-14(11-23-18-12)16(22)20-8-6-19(7-9-20)15(21)10-13-4-2-3-5-17-13/h2-5,11H,6-10H2,1H3. The van der Waals surface area contributed by atoms with Gasteiger partial charge in [-0.25, -0.2) is 0 Å². The van der Waals surface area contributed by atoms with Crippen molar-refractivity contribution in [1.82, 2.24) is 19.2 Å². The molecule has 6 nitrogen and oxygen atoms in total. The lowest BCUT2D eigenvalue weighted by atomic mass is 10.2. The summed E-state index contributed by atoms with van der Waals surface area (Å²) in [6, 6.07) is 5.56. The molecule has 0 radical (unpaired) electrons. The first-order valence-corrected chi connectivity index (χ1v) is 8.37. The summed E-state index contributed by atoms with van der Waals surface area (Å²) in [6.07, 6.45) is 2.00. The molecule has 23 heavy (non-hydrogen) atoms. The van der Waals surface area contributed by atoms with Crippen molar-refractivity contribution in [3.63, 3.8) is 0 Å². The highest BCUT2D eigenvalue weighted by molar-refractivity contribution is 7.03. The van der Waals surface area contributed by atoms with Gasteiger partial charge in [0.25, 0.3) is 5.91 Å². The molecule has 1 fully saturated rings. The molecule has 0 unspecified atom stereocenters. The third-order valence-corrected chi connectivity index (χ3v) is 4.68. The zero-order valence-corrected chi connectivity index (χ0v) is 13.8. The molecule has 1 saturated heterocycles. The zero-order chi connectivity index (χ0) is 16.2. The molecule has 3 heterocycles. The van der Waals surface area contributed by atoms with Crippen molar-refractivity contribution in [2.75, 3.05) is 26.2 Å². The Morgan fingerprint density at radius 3 is 2.52 bits per heavy atom. The zero-order valence-electron chi connectivity index (χ0n) is 12.9. The number of carbonyl (C=O) groups is 2. The van der Waals surface area contributed by atoms with E-state index in [-0.39, 0.29) is 11.8 Å². The molecular formula is C16H18N4O2S. The van der Waals surface area contributed by atoms with Crippen LogP contribution in [-0.2, 0) is 11.2 Å². The molecule has 1 aliphatic rings. The number of hydrogen-bond donors (Lipinski definition) is 0. The Hall–Kier alpha value is -2.28. The normalized spacial score (nSPS) is 14.8. The van der Waals surface area contributed by atoms with Crippen molar-refractivity contribution in [2.45, 2.75) is 13.3 Å². The van der Waals surface area contributed by atoms with Crippen LogP contribution in [0.1, 0.15) is 21.7 Å². The summed E-state index contributed by atoms with van der Waals surface area (Å²) >= 11 is 1.30. The van der Waals surface area contributed by atoms with E-state index < -0.39 is 0 Å². The monoisotopic (exact) mass is 330 g/mol. The summed E-state index contributed by atoms with van der Waals surface area (Å²) < 4.78 is 4.15. The van der Waals surface area contributed by atoms with E-state index >= 15 is 0 Å². The lowest BCUT2D eigenvalue weighted by molar-refractivity contribution is -0.132. The SMILES string of the molecule is Cc1nscc1C(=O)N1CCN(C(=O)Cc2ccccn2)CC1. The number of pyridine rings is 1.